The first-order chi connectivity index (χ1) is 9.27. The summed E-state index contributed by atoms with van der Waals surface area (Å²) in [5, 5.41) is 8.91. The average molecular weight is 337 g/mol. The SMILES string of the molecule is CCSCCC(C)NS(=O)(=O)c1cc(C(=O)O)sc1C. The molecule has 0 aromatic carbocycles. The molecule has 1 atom stereocenters. The third-order valence-corrected chi connectivity index (χ3v) is 6.44. The van der Waals surface area contributed by atoms with Crippen molar-refractivity contribution in [2.45, 2.75) is 38.1 Å². The fraction of sp³-hybridized carbons (Fsp3) is 0.583. The van der Waals surface area contributed by atoms with Gasteiger partial charge in [0.25, 0.3) is 0 Å². The molecular formula is C12H19NO4S3. The quantitative estimate of drug-likeness (QED) is 0.712. The molecule has 0 spiro atoms. The van der Waals surface area contributed by atoms with E-state index < -0.39 is 16.0 Å². The van der Waals surface area contributed by atoms with Crippen LogP contribution in [0.2, 0.25) is 0 Å². The van der Waals surface area contributed by atoms with Gasteiger partial charge in [-0.1, -0.05) is 6.92 Å². The monoisotopic (exact) mass is 337 g/mol. The Balaban J connectivity index is 2.81. The molecule has 0 aliphatic rings. The highest BCUT2D eigenvalue weighted by atomic mass is 32.2. The first kappa shape index (κ1) is 17.5. The van der Waals surface area contributed by atoms with Crippen LogP contribution in [0.15, 0.2) is 11.0 Å². The molecular weight excluding hydrogens is 318 g/mol. The second-order valence-corrected chi connectivity index (χ2v) is 8.68. The number of hydrogen-bond acceptors (Lipinski definition) is 5. The van der Waals surface area contributed by atoms with Gasteiger partial charge in [0.15, 0.2) is 0 Å². The summed E-state index contributed by atoms with van der Waals surface area (Å²) in [6, 6.07) is 1.05. The van der Waals surface area contributed by atoms with Crippen molar-refractivity contribution in [3.05, 3.63) is 15.8 Å². The van der Waals surface area contributed by atoms with Gasteiger partial charge >= 0.3 is 5.97 Å². The van der Waals surface area contributed by atoms with E-state index in [9.17, 15) is 13.2 Å². The molecule has 0 saturated carbocycles. The predicted molar refractivity (Wildman–Crippen MR) is 83.4 cm³/mol. The lowest BCUT2D eigenvalue weighted by Gasteiger charge is -2.13. The van der Waals surface area contributed by atoms with Crippen molar-refractivity contribution in [1.29, 1.82) is 0 Å². The van der Waals surface area contributed by atoms with Gasteiger partial charge in [-0.2, -0.15) is 11.8 Å². The number of nitrogens with one attached hydrogen (secondary N) is 1. The van der Waals surface area contributed by atoms with Gasteiger partial charge in [-0.05, 0) is 37.8 Å². The number of carboxylic acid groups (broad SMARTS) is 1. The lowest BCUT2D eigenvalue weighted by molar-refractivity contribution is 0.0702. The molecule has 0 amide bonds. The molecule has 5 nitrogen and oxygen atoms in total. The zero-order valence-electron chi connectivity index (χ0n) is 11.7. The summed E-state index contributed by atoms with van der Waals surface area (Å²) in [5.74, 6) is 0.792. The highest BCUT2D eigenvalue weighted by Gasteiger charge is 2.23. The third kappa shape index (κ3) is 4.76. The van der Waals surface area contributed by atoms with Gasteiger partial charge in [-0.3, -0.25) is 0 Å². The smallest absolute Gasteiger partial charge is 0.345 e. The van der Waals surface area contributed by atoms with Gasteiger partial charge in [-0.15, -0.1) is 11.3 Å². The van der Waals surface area contributed by atoms with Crippen LogP contribution in [0.5, 0.6) is 0 Å². The molecule has 1 heterocycles. The fourth-order valence-electron chi connectivity index (χ4n) is 1.63. The van der Waals surface area contributed by atoms with Gasteiger partial charge in [0.05, 0.1) is 4.90 Å². The number of aryl methyl sites for hydroxylation is 1. The summed E-state index contributed by atoms with van der Waals surface area (Å²) in [5.41, 5.74) is 0. The summed E-state index contributed by atoms with van der Waals surface area (Å²) >= 11 is 2.73. The van der Waals surface area contributed by atoms with E-state index >= 15 is 0 Å². The second kappa shape index (κ2) is 7.44. The van der Waals surface area contributed by atoms with Crippen molar-refractivity contribution in [2.75, 3.05) is 11.5 Å². The number of thioether (sulfide) groups is 1. The lowest BCUT2D eigenvalue weighted by Crippen LogP contribution is -2.33. The zero-order chi connectivity index (χ0) is 15.3. The van der Waals surface area contributed by atoms with E-state index in [4.69, 9.17) is 5.11 Å². The number of thiophene rings is 1. The average Bonchev–Trinajstić information content (AvgIpc) is 2.72. The number of hydrogen-bond donors (Lipinski definition) is 2. The van der Waals surface area contributed by atoms with Crippen molar-refractivity contribution >= 4 is 39.1 Å². The van der Waals surface area contributed by atoms with E-state index in [1.807, 2.05) is 6.92 Å². The summed E-state index contributed by atoms with van der Waals surface area (Å²) in [4.78, 5) is 11.5. The maximum Gasteiger partial charge on any atom is 0.345 e. The molecule has 1 unspecified atom stereocenters. The van der Waals surface area contributed by atoms with E-state index in [0.717, 1.165) is 29.3 Å². The van der Waals surface area contributed by atoms with Crippen LogP contribution in [0, 0.1) is 6.92 Å². The summed E-state index contributed by atoms with van der Waals surface area (Å²) in [6.45, 7) is 5.48. The molecule has 0 saturated heterocycles. The minimum absolute atomic E-state index is 0.0390. The molecule has 0 aliphatic carbocycles. The van der Waals surface area contributed by atoms with Crippen LogP contribution in [0.3, 0.4) is 0 Å². The summed E-state index contributed by atoms with van der Waals surface area (Å²) < 4.78 is 27.1. The van der Waals surface area contributed by atoms with Gasteiger partial charge < -0.3 is 5.11 Å². The number of aromatic carboxylic acids is 1. The standard InChI is InChI=1S/C12H19NO4S3/c1-4-18-6-5-8(2)13-20(16,17)11-7-10(12(14)15)19-9(11)3/h7-8,13H,4-6H2,1-3H3,(H,14,15). The van der Waals surface area contributed by atoms with Crippen molar-refractivity contribution in [3.8, 4) is 0 Å². The second-order valence-electron chi connectivity index (χ2n) is 4.34. The molecule has 0 aliphatic heterocycles. The maximum absolute atomic E-state index is 12.2. The van der Waals surface area contributed by atoms with Crippen LogP contribution < -0.4 is 4.72 Å². The number of rotatable bonds is 8. The predicted octanol–water partition coefficient (Wildman–Crippen LogP) is 2.56. The maximum atomic E-state index is 12.2. The Morgan fingerprint density at radius 3 is 2.70 bits per heavy atom. The van der Waals surface area contributed by atoms with Crippen LogP contribution in [0.25, 0.3) is 0 Å². The van der Waals surface area contributed by atoms with Crippen LogP contribution in [0.4, 0.5) is 0 Å². The third-order valence-electron chi connectivity index (χ3n) is 2.63. The summed E-state index contributed by atoms with van der Waals surface area (Å²) in [7, 11) is -3.65. The van der Waals surface area contributed by atoms with Crippen LogP contribution >= 0.6 is 23.1 Å². The van der Waals surface area contributed by atoms with Crippen molar-refractivity contribution in [3.63, 3.8) is 0 Å². The molecule has 1 rings (SSSR count). The first-order valence-electron chi connectivity index (χ1n) is 6.21. The van der Waals surface area contributed by atoms with E-state index in [2.05, 4.69) is 11.6 Å². The van der Waals surface area contributed by atoms with Crippen LogP contribution in [0.1, 0.15) is 34.8 Å². The van der Waals surface area contributed by atoms with Gasteiger partial charge in [0.2, 0.25) is 10.0 Å². The van der Waals surface area contributed by atoms with E-state index in [1.165, 1.54) is 6.07 Å². The molecule has 8 heteroatoms. The van der Waals surface area contributed by atoms with Crippen molar-refractivity contribution < 1.29 is 18.3 Å². The zero-order valence-corrected chi connectivity index (χ0v) is 14.1. The highest BCUT2D eigenvalue weighted by molar-refractivity contribution is 7.99. The van der Waals surface area contributed by atoms with Gasteiger partial charge in [-0.25, -0.2) is 17.9 Å². The number of carbonyl (C=O) groups is 1. The molecule has 0 fully saturated rings. The van der Waals surface area contributed by atoms with Crippen LogP contribution in [-0.4, -0.2) is 37.0 Å². The minimum atomic E-state index is -3.65. The Hall–Kier alpha value is -0.570. The van der Waals surface area contributed by atoms with E-state index in [-0.39, 0.29) is 15.8 Å². The Kier molecular flexibility index (Phi) is 6.50. The first-order valence-corrected chi connectivity index (χ1v) is 9.67. The van der Waals surface area contributed by atoms with Crippen molar-refractivity contribution in [1.82, 2.24) is 4.72 Å². The molecule has 1 aromatic heterocycles. The Labute approximate surface area is 127 Å². The highest BCUT2D eigenvalue weighted by Crippen LogP contribution is 2.26. The molecule has 0 bridgehead atoms. The molecule has 0 radical (unpaired) electrons. The minimum Gasteiger partial charge on any atom is -0.477 e. The Morgan fingerprint density at radius 2 is 2.20 bits per heavy atom. The molecule has 114 valence electrons. The van der Waals surface area contributed by atoms with E-state index in [1.54, 1.807) is 18.7 Å². The van der Waals surface area contributed by atoms with E-state index in [0.29, 0.717) is 4.88 Å². The number of sulfonamides is 1. The molecule has 1 aromatic rings. The topological polar surface area (TPSA) is 83.5 Å². The largest absolute Gasteiger partial charge is 0.477 e. The molecule has 20 heavy (non-hydrogen) atoms. The fourth-order valence-corrected chi connectivity index (χ4v) is 5.15. The lowest BCUT2D eigenvalue weighted by atomic mass is 10.3. The van der Waals surface area contributed by atoms with Crippen LogP contribution in [-0.2, 0) is 10.0 Å². The van der Waals surface area contributed by atoms with Gasteiger partial charge in [0.1, 0.15) is 4.88 Å². The Bertz CT molecular complexity index is 565. The van der Waals surface area contributed by atoms with Crippen molar-refractivity contribution in [2.24, 2.45) is 0 Å². The molecule has 2 N–H and O–H groups in total. The van der Waals surface area contributed by atoms with Gasteiger partial charge in [0, 0.05) is 10.9 Å². The normalized spacial score (nSPS) is 13.3. The summed E-state index contributed by atoms with van der Waals surface area (Å²) in [6.07, 6.45) is 0.743. The Morgan fingerprint density at radius 1 is 1.55 bits per heavy atom. The number of carboxylic acids is 1.